The van der Waals surface area contributed by atoms with Crippen molar-refractivity contribution in [2.24, 2.45) is 0 Å². The summed E-state index contributed by atoms with van der Waals surface area (Å²) in [5.74, 6) is -1.36. The average Bonchev–Trinajstić information content (AvgIpc) is 2.85. The maximum atomic E-state index is 13.4. The highest BCUT2D eigenvalue weighted by Gasteiger charge is 2.16. The SMILES string of the molecule is CCn1c(C)cc(C(=O)COC(=O)/C=C/c2ccccc2F)c1C. The predicted molar refractivity (Wildman–Crippen MR) is 90.3 cm³/mol. The van der Waals surface area contributed by atoms with Gasteiger partial charge >= 0.3 is 5.97 Å². The van der Waals surface area contributed by atoms with E-state index in [-0.39, 0.29) is 18.0 Å². The minimum atomic E-state index is -0.684. The van der Waals surface area contributed by atoms with E-state index >= 15 is 0 Å². The molecule has 0 unspecified atom stereocenters. The minimum absolute atomic E-state index is 0.254. The zero-order chi connectivity index (χ0) is 17.7. The van der Waals surface area contributed by atoms with Crippen LogP contribution in [0.5, 0.6) is 0 Å². The Morgan fingerprint density at radius 2 is 1.96 bits per heavy atom. The topological polar surface area (TPSA) is 48.3 Å². The molecular formula is C19H20FNO3. The van der Waals surface area contributed by atoms with Crippen molar-refractivity contribution >= 4 is 17.8 Å². The predicted octanol–water partition coefficient (Wildman–Crippen LogP) is 3.70. The Morgan fingerprint density at radius 3 is 2.58 bits per heavy atom. The maximum absolute atomic E-state index is 13.4. The molecule has 1 aromatic carbocycles. The fourth-order valence-electron chi connectivity index (χ4n) is 2.60. The molecule has 1 heterocycles. The molecule has 0 atom stereocenters. The number of ketones is 1. The molecule has 0 aliphatic carbocycles. The second-order valence-corrected chi connectivity index (χ2v) is 5.41. The monoisotopic (exact) mass is 329 g/mol. The molecule has 0 aliphatic heterocycles. The molecule has 0 radical (unpaired) electrons. The first-order valence-corrected chi connectivity index (χ1v) is 7.73. The van der Waals surface area contributed by atoms with Crippen molar-refractivity contribution in [2.75, 3.05) is 6.61 Å². The Bertz CT molecular complexity index is 790. The standard InChI is InChI=1S/C19H20FNO3/c1-4-21-13(2)11-16(14(21)3)18(22)12-24-19(23)10-9-15-7-5-6-8-17(15)20/h5-11H,4,12H2,1-3H3/b10-9+. The highest BCUT2D eigenvalue weighted by atomic mass is 19.1. The van der Waals surface area contributed by atoms with Crippen LogP contribution in [-0.4, -0.2) is 22.9 Å². The molecule has 0 N–H and O–H groups in total. The molecule has 24 heavy (non-hydrogen) atoms. The number of esters is 1. The van der Waals surface area contributed by atoms with E-state index in [0.29, 0.717) is 5.56 Å². The van der Waals surface area contributed by atoms with E-state index in [2.05, 4.69) is 0 Å². The van der Waals surface area contributed by atoms with Gasteiger partial charge in [-0.25, -0.2) is 9.18 Å². The van der Waals surface area contributed by atoms with Gasteiger partial charge in [-0.15, -0.1) is 0 Å². The van der Waals surface area contributed by atoms with Gasteiger partial charge in [0.2, 0.25) is 5.78 Å². The van der Waals surface area contributed by atoms with Gasteiger partial charge in [-0.3, -0.25) is 4.79 Å². The number of halogens is 1. The van der Waals surface area contributed by atoms with Crippen molar-refractivity contribution in [1.29, 1.82) is 0 Å². The van der Waals surface area contributed by atoms with Crippen molar-refractivity contribution < 1.29 is 18.7 Å². The van der Waals surface area contributed by atoms with Crippen LogP contribution in [0.15, 0.2) is 36.4 Å². The number of benzene rings is 1. The summed E-state index contributed by atoms with van der Waals surface area (Å²) in [5, 5.41) is 0. The molecule has 2 rings (SSSR count). The number of hydrogen-bond acceptors (Lipinski definition) is 3. The lowest BCUT2D eigenvalue weighted by Crippen LogP contribution is -2.13. The first-order valence-electron chi connectivity index (χ1n) is 7.73. The number of rotatable bonds is 6. The Morgan fingerprint density at radius 1 is 1.25 bits per heavy atom. The van der Waals surface area contributed by atoms with Gasteiger partial charge in [0.25, 0.3) is 0 Å². The summed E-state index contributed by atoms with van der Waals surface area (Å²) in [5.41, 5.74) is 2.69. The Balaban J connectivity index is 1.97. The molecular weight excluding hydrogens is 309 g/mol. The van der Waals surface area contributed by atoms with Gasteiger partial charge in [-0.1, -0.05) is 18.2 Å². The van der Waals surface area contributed by atoms with Crippen LogP contribution in [0.1, 0.15) is 34.2 Å². The van der Waals surface area contributed by atoms with Crippen LogP contribution >= 0.6 is 0 Å². The lowest BCUT2D eigenvalue weighted by molar-refractivity contribution is -0.136. The van der Waals surface area contributed by atoms with Gasteiger partial charge in [-0.2, -0.15) is 0 Å². The average molecular weight is 329 g/mol. The molecule has 4 nitrogen and oxygen atoms in total. The minimum Gasteiger partial charge on any atom is -0.454 e. The Hall–Kier alpha value is -2.69. The molecule has 0 aliphatic rings. The van der Waals surface area contributed by atoms with Crippen LogP contribution < -0.4 is 0 Å². The summed E-state index contributed by atoms with van der Waals surface area (Å²) in [4.78, 5) is 23.9. The van der Waals surface area contributed by atoms with E-state index in [4.69, 9.17) is 4.74 Å². The summed E-state index contributed by atoms with van der Waals surface area (Å²) in [6.07, 6.45) is 2.44. The second-order valence-electron chi connectivity index (χ2n) is 5.41. The first-order chi connectivity index (χ1) is 11.4. The normalized spacial score (nSPS) is 11.0. The third-order valence-corrected chi connectivity index (χ3v) is 3.84. The summed E-state index contributed by atoms with van der Waals surface area (Å²) >= 11 is 0. The molecule has 1 aromatic heterocycles. The number of aromatic nitrogens is 1. The molecule has 5 heteroatoms. The van der Waals surface area contributed by atoms with E-state index in [1.54, 1.807) is 24.3 Å². The summed E-state index contributed by atoms with van der Waals surface area (Å²) < 4.78 is 20.4. The maximum Gasteiger partial charge on any atom is 0.331 e. The van der Waals surface area contributed by atoms with Gasteiger partial charge in [-0.05, 0) is 39.0 Å². The van der Waals surface area contributed by atoms with E-state index in [9.17, 15) is 14.0 Å². The Labute approximate surface area is 140 Å². The van der Waals surface area contributed by atoms with Crippen molar-refractivity contribution in [3.63, 3.8) is 0 Å². The zero-order valence-electron chi connectivity index (χ0n) is 14.0. The van der Waals surface area contributed by atoms with Crippen LogP contribution in [0.4, 0.5) is 4.39 Å². The van der Waals surface area contributed by atoms with Gasteiger partial charge in [0.15, 0.2) is 6.61 Å². The van der Waals surface area contributed by atoms with Gasteiger partial charge < -0.3 is 9.30 Å². The number of carbonyl (C=O) groups is 2. The lowest BCUT2D eigenvalue weighted by Gasteiger charge is -2.05. The van der Waals surface area contributed by atoms with Crippen LogP contribution in [0.2, 0.25) is 0 Å². The fraction of sp³-hybridized carbons (Fsp3) is 0.263. The smallest absolute Gasteiger partial charge is 0.331 e. The molecule has 0 bridgehead atoms. The van der Waals surface area contributed by atoms with Crippen LogP contribution in [-0.2, 0) is 16.1 Å². The van der Waals surface area contributed by atoms with Crippen LogP contribution in [0.3, 0.4) is 0 Å². The van der Waals surface area contributed by atoms with Gasteiger partial charge in [0.05, 0.1) is 0 Å². The van der Waals surface area contributed by atoms with Crippen molar-refractivity contribution in [3.8, 4) is 0 Å². The highest BCUT2D eigenvalue weighted by Crippen LogP contribution is 2.15. The number of hydrogen-bond donors (Lipinski definition) is 0. The zero-order valence-corrected chi connectivity index (χ0v) is 14.0. The molecule has 0 saturated carbocycles. The van der Waals surface area contributed by atoms with Crippen molar-refractivity contribution in [3.05, 3.63) is 64.7 Å². The van der Waals surface area contributed by atoms with Crippen LogP contribution in [0, 0.1) is 19.7 Å². The molecule has 0 spiro atoms. The summed E-state index contributed by atoms with van der Waals surface area (Å²) in [6.45, 7) is 6.23. The van der Waals surface area contributed by atoms with Gasteiger partial charge in [0.1, 0.15) is 5.82 Å². The number of carbonyl (C=O) groups excluding carboxylic acids is 2. The number of aryl methyl sites for hydroxylation is 1. The molecule has 0 saturated heterocycles. The van der Waals surface area contributed by atoms with Gasteiger partial charge in [0, 0.05) is 35.1 Å². The lowest BCUT2D eigenvalue weighted by atomic mass is 10.1. The third kappa shape index (κ3) is 3.98. The fourth-order valence-corrected chi connectivity index (χ4v) is 2.60. The van der Waals surface area contributed by atoms with E-state index < -0.39 is 11.8 Å². The molecule has 0 fully saturated rings. The van der Waals surface area contributed by atoms with E-state index in [1.165, 1.54) is 12.1 Å². The molecule has 0 amide bonds. The number of ether oxygens (including phenoxy) is 1. The number of nitrogens with zero attached hydrogens (tertiary/aromatic N) is 1. The summed E-state index contributed by atoms with van der Waals surface area (Å²) in [6, 6.07) is 7.88. The largest absolute Gasteiger partial charge is 0.454 e. The first kappa shape index (κ1) is 17.7. The van der Waals surface area contributed by atoms with Crippen LogP contribution in [0.25, 0.3) is 6.08 Å². The van der Waals surface area contributed by atoms with E-state index in [0.717, 1.165) is 24.0 Å². The Kier molecular flexibility index (Phi) is 5.68. The molecule has 126 valence electrons. The quantitative estimate of drug-likeness (QED) is 0.461. The van der Waals surface area contributed by atoms with Crippen molar-refractivity contribution in [2.45, 2.75) is 27.3 Å². The van der Waals surface area contributed by atoms with Crippen molar-refractivity contribution in [1.82, 2.24) is 4.57 Å². The van der Waals surface area contributed by atoms with E-state index in [1.807, 2.05) is 25.3 Å². The molecule has 2 aromatic rings. The highest BCUT2D eigenvalue weighted by molar-refractivity contribution is 6.00. The third-order valence-electron chi connectivity index (χ3n) is 3.84. The second kappa shape index (κ2) is 7.73. The number of Topliss-reactive ketones (excluding diaryl/α,β-unsaturated/α-hetero) is 1. The summed E-state index contributed by atoms with van der Waals surface area (Å²) in [7, 11) is 0.